The summed E-state index contributed by atoms with van der Waals surface area (Å²) in [5, 5.41) is 3.58. The van der Waals surface area contributed by atoms with E-state index in [1.54, 1.807) is 6.92 Å². The second kappa shape index (κ2) is 13.2. The monoisotopic (exact) mass is 192 g/mol. The first kappa shape index (κ1) is 14.2. The lowest BCUT2D eigenvalue weighted by Gasteiger charge is -1.97. The van der Waals surface area contributed by atoms with Crippen molar-refractivity contribution >= 4 is 17.6 Å². The molecule has 0 unspecified atom stereocenters. The lowest BCUT2D eigenvalue weighted by molar-refractivity contribution is 0.161. The lowest BCUT2D eigenvalue weighted by atomic mass is 10.7. The molecule has 0 aromatic rings. The summed E-state index contributed by atoms with van der Waals surface area (Å²) >= 11 is 1.82. The van der Waals surface area contributed by atoms with Gasteiger partial charge < -0.3 is 10.6 Å². The van der Waals surface area contributed by atoms with Gasteiger partial charge in [-0.3, -0.25) is 0 Å². The molecule has 74 valence electrons. The van der Waals surface area contributed by atoms with Crippen LogP contribution in [0, 0.1) is 0 Å². The first-order chi connectivity index (χ1) is 5.77. The Balaban J connectivity index is 0. The van der Waals surface area contributed by atoms with E-state index >= 15 is 0 Å². The van der Waals surface area contributed by atoms with Crippen molar-refractivity contribution in [2.45, 2.75) is 27.7 Å². The topological polar surface area (TPSA) is 47.6 Å². The molecule has 0 aliphatic heterocycles. The van der Waals surface area contributed by atoms with Crippen molar-refractivity contribution in [1.29, 1.82) is 0 Å². The summed E-state index contributed by atoms with van der Waals surface area (Å²) in [6.45, 7) is 8.46. The third-order valence-corrected chi connectivity index (χ3v) is 1.60. The summed E-state index contributed by atoms with van der Waals surface area (Å²) in [5.74, 6) is 2.57. The van der Waals surface area contributed by atoms with Gasteiger partial charge in [0, 0.05) is 5.75 Å². The summed E-state index contributed by atoms with van der Waals surface area (Å²) < 4.78 is 0. The van der Waals surface area contributed by atoms with Gasteiger partial charge in [0.2, 0.25) is 0 Å². The maximum atomic E-state index is 5.23. The molecular formula is C8H20N2OS. The Hall–Kier alpha value is -0.380. The SMILES string of the molecule is CC.CCSCCO/N=C(/C)N. The first-order valence-corrected chi connectivity index (χ1v) is 5.42. The molecule has 0 radical (unpaired) electrons. The van der Waals surface area contributed by atoms with E-state index in [0.29, 0.717) is 12.4 Å². The van der Waals surface area contributed by atoms with Crippen molar-refractivity contribution in [2.75, 3.05) is 18.1 Å². The number of amidine groups is 1. The Morgan fingerprint density at radius 1 is 1.50 bits per heavy atom. The van der Waals surface area contributed by atoms with Crippen LogP contribution in [0.15, 0.2) is 5.16 Å². The Morgan fingerprint density at radius 2 is 2.08 bits per heavy atom. The highest BCUT2D eigenvalue weighted by atomic mass is 32.2. The number of nitrogens with zero attached hydrogens (tertiary/aromatic N) is 1. The quantitative estimate of drug-likeness (QED) is 0.314. The minimum Gasteiger partial charge on any atom is -0.394 e. The number of hydrogen-bond donors (Lipinski definition) is 1. The molecule has 0 aromatic carbocycles. The third kappa shape index (κ3) is 16.3. The van der Waals surface area contributed by atoms with Gasteiger partial charge in [-0.05, 0) is 12.7 Å². The fourth-order valence-electron chi connectivity index (χ4n) is 0.388. The van der Waals surface area contributed by atoms with E-state index in [1.807, 2.05) is 25.6 Å². The molecular weight excluding hydrogens is 172 g/mol. The van der Waals surface area contributed by atoms with Crippen molar-refractivity contribution in [1.82, 2.24) is 0 Å². The summed E-state index contributed by atoms with van der Waals surface area (Å²) in [6.07, 6.45) is 0. The molecule has 0 saturated carbocycles. The van der Waals surface area contributed by atoms with Crippen LogP contribution in [0.5, 0.6) is 0 Å². The highest BCUT2D eigenvalue weighted by Crippen LogP contribution is 1.96. The number of nitrogens with two attached hydrogens (primary N) is 1. The predicted octanol–water partition coefficient (Wildman–Crippen LogP) is 2.07. The van der Waals surface area contributed by atoms with Gasteiger partial charge >= 0.3 is 0 Å². The zero-order chi connectivity index (χ0) is 9.82. The van der Waals surface area contributed by atoms with Crippen LogP contribution < -0.4 is 5.73 Å². The Morgan fingerprint density at radius 3 is 2.50 bits per heavy atom. The minimum atomic E-state index is 0.474. The number of thioether (sulfide) groups is 1. The van der Waals surface area contributed by atoms with Gasteiger partial charge in [-0.2, -0.15) is 11.8 Å². The number of hydrogen-bond acceptors (Lipinski definition) is 3. The molecule has 0 bridgehead atoms. The van der Waals surface area contributed by atoms with E-state index in [-0.39, 0.29) is 0 Å². The second-order valence-corrected chi connectivity index (χ2v) is 3.16. The van der Waals surface area contributed by atoms with Gasteiger partial charge in [0.25, 0.3) is 0 Å². The predicted molar refractivity (Wildman–Crippen MR) is 57.6 cm³/mol. The molecule has 0 amide bonds. The molecule has 0 fully saturated rings. The van der Waals surface area contributed by atoms with Crippen molar-refractivity contribution in [3.63, 3.8) is 0 Å². The molecule has 2 N–H and O–H groups in total. The second-order valence-electron chi connectivity index (χ2n) is 1.76. The van der Waals surface area contributed by atoms with Crippen LogP contribution in [0.1, 0.15) is 27.7 Å². The van der Waals surface area contributed by atoms with Crippen LogP contribution in [-0.2, 0) is 4.84 Å². The lowest BCUT2D eigenvalue weighted by Crippen LogP contribution is -2.06. The molecule has 0 aliphatic carbocycles. The smallest absolute Gasteiger partial charge is 0.136 e. The summed E-state index contributed by atoms with van der Waals surface area (Å²) in [5.41, 5.74) is 5.23. The maximum Gasteiger partial charge on any atom is 0.136 e. The number of rotatable bonds is 5. The molecule has 0 aromatic heterocycles. The van der Waals surface area contributed by atoms with Crippen molar-refractivity contribution in [3.8, 4) is 0 Å². The molecule has 0 heterocycles. The van der Waals surface area contributed by atoms with Crippen molar-refractivity contribution < 1.29 is 4.84 Å². The molecule has 0 spiro atoms. The first-order valence-electron chi connectivity index (χ1n) is 4.27. The highest BCUT2D eigenvalue weighted by Gasteiger charge is 1.84. The van der Waals surface area contributed by atoms with Gasteiger partial charge in [-0.15, -0.1) is 0 Å². The van der Waals surface area contributed by atoms with Crippen LogP contribution in [0.2, 0.25) is 0 Å². The van der Waals surface area contributed by atoms with E-state index in [9.17, 15) is 0 Å². The van der Waals surface area contributed by atoms with Crippen molar-refractivity contribution in [3.05, 3.63) is 0 Å². The standard InChI is InChI=1S/C6H14N2OS.C2H6/c1-3-10-5-4-9-8-6(2)7;1-2/h3-5H2,1-2H3,(H2,7,8);1-2H3. The van der Waals surface area contributed by atoms with Crippen LogP contribution in [0.4, 0.5) is 0 Å². The molecule has 0 saturated heterocycles. The normalized spacial score (nSPS) is 10.2. The number of oxime groups is 1. The van der Waals surface area contributed by atoms with E-state index in [2.05, 4.69) is 12.1 Å². The van der Waals surface area contributed by atoms with Gasteiger partial charge in [0.05, 0.1) is 0 Å². The van der Waals surface area contributed by atoms with Crippen LogP contribution in [0.25, 0.3) is 0 Å². The Labute approximate surface area is 79.7 Å². The summed E-state index contributed by atoms with van der Waals surface area (Å²) in [7, 11) is 0. The van der Waals surface area contributed by atoms with E-state index in [1.165, 1.54) is 0 Å². The molecule has 0 rings (SSSR count). The molecule has 12 heavy (non-hydrogen) atoms. The van der Waals surface area contributed by atoms with Crippen LogP contribution in [-0.4, -0.2) is 23.9 Å². The highest BCUT2D eigenvalue weighted by molar-refractivity contribution is 7.99. The molecule has 0 aliphatic rings. The summed E-state index contributed by atoms with van der Waals surface area (Å²) in [6, 6.07) is 0. The average Bonchev–Trinajstić information content (AvgIpc) is 2.07. The fraction of sp³-hybridized carbons (Fsp3) is 0.875. The summed E-state index contributed by atoms with van der Waals surface area (Å²) in [4.78, 5) is 4.84. The Kier molecular flexibility index (Phi) is 15.6. The van der Waals surface area contributed by atoms with E-state index in [0.717, 1.165) is 11.5 Å². The third-order valence-electron chi connectivity index (χ3n) is 0.732. The van der Waals surface area contributed by atoms with Crippen LogP contribution in [0.3, 0.4) is 0 Å². The van der Waals surface area contributed by atoms with Gasteiger partial charge in [-0.25, -0.2) is 0 Å². The van der Waals surface area contributed by atoms with Gasteiger partial charge in [0.1, 0.15) is 12.4 Å². The molecule has 3 nitrogen and oxygen atoms in total. The zero-order valence-corrected chi connectivity index (χ0v) is 9.28. The largest absolute Gasteiger partial charge is 0.394 e. The van der Waals surface area contributed by atoms with E-state index < -0.39 is 0 Å². The zero-order valence-electron chi connectivity index (χ0n) is 8.46. The van der Waals surface area contributed by atoms with Crippen LogP contribution >= 0.6 is 11.8 Å². The minimum absolute atomic E-state index is 0.474. The average molecular weight is 192 g/mol. The van der Waals surface area contributed by atoms with E-state index in [4.69, 9.17) is 10.6 Å². The molecule has 0 atom stereocenters. The molecule has 4 heteroatoms. The fourth-order valence-corrected chi connectivity index (χ4v) is 0.869. The maximum absolute atomic E-state index is 5.23. The van der Waals surface area contributed by atoms with Gasteiger partial charge in [-0.1, -0.05) is 25.9 Å². The van der Waals surface area contributed by atoms with Crippen molar-refractivity contribution in [2.24, 2.45) is 10.9 Å². The van der Waals surface area contributed by atoms with Gasteiger partial charge in [0.15, 0.2) is 0 Å². The Bertz CT molecular complexity index is 103.